The summed E-state index contributed by atoms with van der Waals surface area (Å²) < 4.78 is 1.86. The number of halogens is 1. The molecule has 3 nitrogen and oxygen atoms in total. The SMILES string of the molecule is CSc1nnc(Sc2ccc(C(C)N)cc2Cl)s1. The van der Waals surface area contributed by atoms with Crippen molar-refractivity contribution >= 4 is 46.5 Å². The van der Waals surface area contributed by atoms with Crippen LogP contribution in [0.5, 0.6) is 0 Å². The molecule has 0 amide bonds. The molecule has 0 aliphatic carbocycles. The second-order valence-corrected chi connectivity index (χ2v) is 7.35. The summed E-state index contributed by atoms with van der Waals surface area (Å²) in [6, 6.07) is 5.87. The standard InChI is InChI=1S/C11H12ClN3S3/c1-6(13)7-3-4-9(8(12)5-7)17-11-15-14-10(16-2)18-11/h3-6H,13H2,1-2H3. The van der Waals surface area contributed by atoms with Crippen molar-refractivity contribution in [2.45, 2.75) is 26.5 Å². The van der Waals surface area contributed by atoms with Crippen molar-refractivity contribution in [1.29, 1.82) is 0 Å². The van der Waals surface area contributed by atoms with Gasteiger partial charge in [-0.1, -0.05) is 52.5 Å². The molecular formula is C11H12ClN3S3. The molecular weight excluding hydrogens is 306 g/mol. The highest BCUT2D eigenvalue weighted by molar-refractivity contribution is 8.03. The van der Waals surface area contributed by atoms with Crippen LogP contribution in [0.25, 0.3) is 0 Å². The van der Waals surface area contributed by atoms with Gasteiger partial charge in [-0.15, -0.1) is 10.2 Å². The third kappa shape index (κ3) is 3.39. The molecule has 1 aromatic carbocycles. The minimum Gasteiger partial charge on any atom is -0.324 e. The first-order valence-corrected chi connectivity index (χ1v) is 8.44. The second-order valence-electron chi connectivity index (χ2n) is 3.62. The van der Waals surface area contributed by atoms with Crippen LogP contribution in [-0.4, -0.2) is 16.5 Å². The van der Waals surface area contributed by atoms with E-state index in [-0.39, 0.29) is 6.04 Å². The van der Waals surface area contributed by atoms with Crippen molar-refractivity contribution in [2.24, 2.45) is 5.73 Å². The average molecular weight is 318 g/mol. The van der Waals surface area contributed by atoms with Crippen molar-refractivity contribution in [3.63, 3.8) is 0 Å². The van der Waals surface area contributed by atoms with Crippen LogP contribution < -0.4 is 5.73 Å². The smallest absolute Gasteiger partial charge is 0.179 e. The molecule has 1 aromatic heterocycles. The van der Waals surface area contributed by atoms with Gasteiger partial charge >= 0.3 is 0 Å². The number of nitrogens with two attached hydrogens (primary N) is 1. The zero-order chi connectivity index (χ0) is 13.1. The normalized spacial score (nSPS) is 12.7. The average Bonchev–Trinajstić information content (AvgIpc) is 2.79. The highest BCUT2D eigenvalue weighted by atomic mass is 35.5. The van der Waals surface area contributed by atoms with Gasteiger partial charge in [0.15, 0.2) is 8.68 Å². The van der Waals surface area contributed by atoms with Crippen molar-refractivity contribution < 1.29 is 0 Å². The molecule has 0 aliphatic rings. The summed E-state index contributed by atoms with van der Waals surface area (Å²) in [7, 11) is 0. The summed E-state index contributed by atoms with van der Waals surface area (Å²) in [5.41, 5.74) is 6.85. The van der Waals surface area contributed by atoms with Crippen LogP contribution in [0.2, 0.25) is 5.02 Å². The minimum atomic E-state index is -0.00817. The third-order valence-corrected chi connectivity index (χ3v) is 5.69. The lowest BCUT2D eigenvalue weighted by Gasteiger charge is -2.08. The Balaban J connectivity index is 2.19. The van der Waals surface area contributed by atoms with Crippen LogP contribution in [0.3, 0.4) is 0 Å². The molecule has 0 radical (unpaired) electrons. The molecule has 2 rings (SSSR count). The Labute approximate surface area is 124 Å². The molecule has 1 atom stereocenters. The van der Waals surface area contributed by atoms with Gasteiger partial charge in [-0.3, -0.25) is 0 Å². The van der Waals surface area contributed by atoms with Gasteiger partial charge in [0.25, 0.3) is 0 Å². The first-order valence-electron chi connectivity index (χ1n) is 5.20. The fourth-order valence-electron chi connectivity index (χ4n) is 1.30. The van der Waals surface area contributed by atoms with E-state index < -0.39 is 0 Å². The van der Waals surface area contributed by atoms with E-state index in [4.69, 9.17) is 17.3 Å². The van der Waals surface area contributed by atoms with Crippen molar-refractivity contribution in [2.75, 3.05) is 6.26 Å². The summed E-state index contributed by atoms with van der Waals surface area (Å²) in [4.78, 5) is 0.977. The number of benzene rings is 1. The first kappa shape index (κ1) is 14.1. The minimum absolute atomic E-state index is 0.00817. The van der Waals surface area contributed by atoms with E-state index in [0.29, 0.717) is 5.02 Å². The molecule has 0 saturated carbocycles. The molecule has 0 aliphatic heterocycles. The van der Waals surface area contributed by atoms with E-state index in [1.807, 2.05) is 31.4 Å². The fraction of sp³-hybridized carbons (Fsp3) is 0.273. The molecule has 96 valence electrons. The molecule has 1 heterocycles. The summed E-state index contributed by atoms with van der Waals surface area (Å²) in [5, 5.41) is 8.87. The Morgan fingerprint density at radius 1 is 1.33 bits per heavy atom. The molecule has 0 fully saturated rings. The number of aromatic nitrogens is 2. The number of thioether (sulfide) groups is 1. The molecule has 0 saturated heterocycles. The van der Waals surface area contributed by atoms with E-state index in [9.17, 15) is 0 Å². The number of hydrogen-bond donors (Lipinski definition) is 1. The lowest BCUT2D eigenvalue weighted by atomic mass is 10.1. The lowest BCUT2D eigenvalue weighted by Crippen LogP contribution is -2.04. The van der Waals surface area contributed by atoms with Crippen LogP contribution >= 0.6 is 46.5 Å². The Morgan fingerprint density at radius 2 is 2.06 bits per heavy atom. The van der Waals surface area contributed by atoms with E-state index in [1.54, 1.807) is 23.1 Å². The first-order chi connectivity index (χ1) is 8.60. The highest BCUT2D eigenvalue weighted by Gasteiger charge is 2.09. The van der Waals surface area contributed by atoms with E-state index in [1.165, 1.54) is 11.8 Å². The van der Waals surface area contributed by atoms with Gasteiger partial charge < -0.3 is 5.73 Å². The van der Waals surface area contributed by atoms with Gasteiger partial charge in [0.05, 0.1) is 5.02 Å². The molecule has 2 aromatic rings. The summed E-state index contributed by atoms with van der Waals surface area (Å²) in [5.74, 6) is 0. The van der Waals surface area contributed by atoms with Crippen LogP contribution in [0.15, 0.2) is 31.8 Å². The lowest BCUT2D eigenvalue weighted by molar-refractivity contribution is 0.817. The third-order valence-electron chi connectivity index (χ3n) is 2.24. The molecule has 0 bridgehead atoms. The topological polar surface area (TPSA) is 51.8 Å². The highest BCUT2D eigenvalue weighted by Crippen LogP contribution is 2.37. The van der Waals surface area contributed by atoms with Crippen LogP contribution in [0.1, 0.15) is 18.5 Å². The van der Waals surface area contributed by atoms with E-state index in [0.717, 1.165) is 19.1 Å². The summed E-state index contributed by atoms with van der Waals surface area (Å²) in [6.07, 6.45) is 1.99. The van der Waals surface area contributed by atoms with Gasteiger partial charge in [0.2, 0.25) is 0 Å². The number of nitrogens with zero attached hydrogens (tertiary/aromatic N) is 2. The predicted molar refractivity (Wildman–Crippen MR) is 79.9 cm³/mol. The summed E-state index contributed by atoms with van der Waals surface area (Å²) in [6.45, 7) is 1.94. The van der Waals surface area contributed by atoms with E-state index >= 15 is 0 Å². The largest absolute Gasteiger partial charge is 0.324 e. The predicted octanol–water partition coefficient (Wildman–Crippen LogP) is 4.08. The van der Waals surface area contributed by atoms with Crippen molar-refractivity contribution in [1.82, 2.24) is 10.2 Å². The number of hydrogen-bond acceptors (Lipinski definition) is 6. The zero-order valence-corrected chi connectivity index (χ0v) is 13.1. The molecule has 1 unspecified atom stereocenters. The van der Waals surface area contributed by atoms with Crippen molar-refractivity contribution in [3.05, 3.63) is 28.8 Å². The van der Waals surface area contributed by atoms with Gasteiger partial charge in [0.1, 0.15) is 0 Å². The maximum atomic E-state index is 6.24. The Bertz CT molecular complexity index is 542. The van der Waals surface area contributed by atoms with Crippen molar-refractivity contribution in [3.8, 4) is 0 Å². The quantitative estimate of drug-likeness (QED) is 0.861. The maximum Gasteiger partial charge on any atom is 0.179 e. The van der Waals surface area contributed by atoms with Gasteiger partial charge in [0, 0.05) is 10.9 Å². The summed E-state index contributed by atoms with van der Waals surface area (Å²) >= 11 is 10.9. The van der Waals surface area contributed by atoms with Gasteiger partial charge in [-0.25, -0.2) is 0 Å². The Morgan fingerprint density at radius 3 is 2.61 bits per heavy atom. The second kappa shape index (κ2) is 6.25. The van der Waals surface area contributed by atoms with Crippen LogP contribution in [-0.2, 0) is 0 Å². The maximum absolute atomic E-state index is 6.24. The van der Waals surface area contributed by atoms with E-state index in [2.05, 4.69) is 10.2 Å². The van der Waals surface area contributed by atoms with Gasteiger partial charge in [-0.2, -0.15) is 0 Å². The number of rotatable bonds is 4. The molecule has 2 N–H and O–H groups in total. The molecule has 18 heavy (non-hydrogen) atoms. The molecule has 0 spiro atoms. The van der Waals surface area contributed by atoms with Gasteiger partial charge in [-0.05, 0) is 30.9 Å². The monoisotopic (exact) mass is 317 g/mol. The molecule has 7 heteroatoms. The Hall–Kier alpha value is -0.270. The van der Waals surface area contributed by atoms with Crippen LogP contribution in [0.4, 0.5) is 0 Å². The van der Waals surface area contributed by atoms with Crippen LogP contribution in [0, 0.1) is 0 Å². The zero-order valence-electron chi connectivity index (χ0n) is 9.88. The Kier molecular flexibility index (Phi) is 4.91. The fourth-order valence-corrected chi connectivity index (χ4v) is 4.00.